The van der Waals surface area contributed by atoms with Crippen LogP contribution < -0.4 is 5.32 Å². The first-order chi connectivity index (χ1) is 11.5. The van der Waals surface area contributed by atoms with Crippen molar-refractivity contribution in [2.24, 2.45) is 0 Å². The van der Waals surface area contributed by atoms with E-state index in [1.807, 2.05) is 13.8 Å². The highest BCUT2D eigenvalue weighted by Crippen LogP contribution is 2.31. The maximum absolute atomic E-state index is 13.4. The highest BCUT2D eigenvalue weighted by molar-refractivity contribution is 7.21. The molecule has 0 saturated heterocycles. The summed E-state index contributed by atoms with van der Waals surface area (Å²) in [4.78, 5) is 17.5. The number of hydrogen-bond donors (Lipinski definition) is 1. The second-order valence-electron chi connectivity index (χ2n) is 5.79. The van der Waals surface area contributed by atoms with Gasteiger partial charge in [0.25, 0.3) is 5.91 Å². The van der Waals surface area contributed by atoms with Crippen LogP contribution in [0.25, 0.3) is 10.1 Å². The molecular formula is C18H19FN2OS2. The number of nitrogens with zero attached hydrogens (tertiary/aromatic N) is 1. The molecule has 2 aromatic heterocycles. The number of unbranched alkanes of at least 4 members (excludes halogenated alkanes) is 1. The van der Waals surface area contributed by atoms with Gasteiger partial charge in [-0.3, -0.25) is 4.79 Å². The van der Waals surface area contributed by atoms with Crippen LogP contribution in [-0.2, 0) is 6.42 Å². The molecule has 3 aromatic rings. The van der Waals surface area contributed by atoms with Gasteiger partial charge in [-0.05, 0) is 62.3 Å². The van der Waals surface area contributed by atoms with Gasteiger partial charge in [-0.25, -0.2) is 9.37 Å². The number of hydrogen-bond acceptors (Lipinski definition) is 4. The Hall–Kier alpha value is -1.79. The molecule has 0 bridgehead atoms. The molecule has 24 heavy (non-hydrogen) atoms. The highest BCUT2D eigenvalue weighted by Gasteiger charge is 2.15. The fourth-order valence-corrected chi connectivity index (χ4v) is 4.53. The Morgan fingerprint density at radius 1 is 1.29 bits per heavy atom. The molecule has 3 nitrogen and oxygen atoms in total. The third-order valence-electron chi connectivity index (χ3n) is 3.87. The number of nitrogens with one attached hydrogen (secondary N) is 1. The summed E-state index contributed by atoms with van der Waals surface area (Å²) in [6.45, 7) is 4.52. The summed E-state index contributed by atoms with van der Waals surface area (Å²) in [6, 6.07) is 4.66. The Kier molecular flexibility index (Phi) is 5.26. The minimum atomic E-state index is -0.271. The second-order valence-corrected chi connectivity index (χ2v) is 7.79. The minimum absolute atomic E-state index is 0.0702. The number of thiophene rings is 1. The molecule has 6 heteroatoms. The topological polar surface area (TPSA) is 42.0 Å². The SMILES string of the molecule is Cc1csc(CCCCNC(=O)c2sc3ccc(F)cc3c2C)n1. The molecule has 126 valence electrons. The first-order valence-electron chi connectivity index (χ1n) is 7.92. The van der Waals surface area contributed by atoms with Crippen LogP contribution in [0.5, 0.6) is 0 Å². The first-order valence-corrected chi connectivity index (χ1v) is 9.62. The van der Waals surface area contributed by atoms with Gasteiger partial charge in [-0.15, -0.1) is 22.7 Å². The number of rotatable bonds is 6. The number of halogens is 1. The largest absolute Gasteiger partial charge is 0.351 e. The number of fused-ring (bicyclic) bond motifs is 1. The normalized spacial score (nSPS) is 11.1. The zero-order valence-corrected chi connectivity index (χ0v) is 15.3. The molecule has 3 rings (SSSR count). The van der Waals surface area contributed by atoms with Crippen molar-refractivity contribution in [2.75, 3.05) is 6.54 Å². The summed E-state index contributed by atoms with van der Waals surface area (Å²) in [5.74, 6) is -0.341. The van der Waals surface area contributed by atoms with E-state index in [0.717, 1.165) is 45.6 Å². The van der Waals surface area contributed by atoms with Crippen molar-refractivity contribution >= 4 is 38.7 Å². The second kappa shape index (κ2) is 7.40. The summed E-state index contributed by atoms with van der Waals surface area (Å²) in [7, 11) is 0. The molecule has 1 N–H and O–H groups in total. The predicted molar refractivity (Wildman–Crippen MR) is 98.6 cm³/mol. The van der Waals surface area contributed by atoms with Crippen LogP contribution in [0.4, 0.5) is 4.39 Å². The molecular weight excluding hydrogens is 343 g/mol. The maximum Gasteiger partial charge on any atom is 0.261 e. The van der Waals surface area contributed by atoms with Crippen molar-refractivity contribution in [1.29, 1.82) is 0 Å². The smallest absolute Gasteiger partial charge is 0.261 e. The molecule has 0 aliphatic carbocycles. The molecule has 0 aliphatic heterocycles. The van der Waals surface area contributed by atoms with Gasteiger partial charge in [0.15, 0.2) is 0 Å². The summed E-state index contributed by atoms with van der Waals surface area (Å²) in [5.41, 5.74) is 1.92. The number of thiazole rings is 1. The molecule has 0 unspecified atom stereocenters. The monoisotopic (exact) mass is 362 g/mol. The fraction of sp³-hybridized carbons (Fsp3) is 0.333. The summed E-state index contributed by atoms with van der Waals surface area (Å²) in [5, 5.41) is 7.00. The molecule has 1 aromatic carbocycles. The predicted octanol–water partition coefficient (Wildman–Crippen LogP) is 4.87. The number of aromatic nitrogens is 1. The number of aryl methyl sites for hydroxylation is 3. The van der Waals surface area contributed by atoms with Crippen molar-refractivity contribution in [3.8, 4) is 0 Å². The van der Waals surface area contributed by atoms with Crippen LogP contribution in [-0.4, -0.2) is 17.4 Å². The lowest BCUT2D eigenvalue weighted by molar-refractivity contribution is 0.0956. The average molecular weight is 362 g/mol. The van der Waals surface area contributed by atoms with E-state index in [1.54, 1.807) is 17.4 Å². The lowest BCUT2D eigenvalue weighted by Crippen LogP contribution is -2.24. The fourth-order valence-electron chi connectivity index (χ4n) is 2.61. The Morgan fingerprint density at radius 3 is 2.88 bits per heavy atom. The molecule has 0 aliphatic rings. The van der Waals surface area contributed by atoms with Gasteiger partial charge in [0.05, 0.1) is 9.88 Å². The van der Waals surface area contributed by atoms with Crippen LogP contribution in [0.2, 0.25) is 0 Å². The lowest BCUT2D eigenvalue weighted by atomic mass is 10.1. The van der Waals surface area contributed by atoms with Crippen LogP contribution in [0.15, 0.2) is 23.6 Å². The first kappa shape index (κ1) is 17.0. The quantitative estimate of drug-likeness (QED) is 0.636. The van der Waals surface area contributed by atoms with Crippen molar-refractivity contribution < 1.29 is 9.18 Å². The van der Waals surface area contributed by atoms with E-state index >= 15 is 0 Å². The molecule has 2 heterocycles. The van der Waals surface area contributed by atoms with Gasteiger partial charge in [-0.1, -0.05) is 0 Å². The average Bonchev–Trinajstić information content (AvgIpc) is 3.11. The third kappa shape index (κ3) is 3.82. The zero-order chi connectivity index (χ0) is 17.1. The Morgan fingerprint density at radius 2 is 2.12 bits per heavy atom. The van der Waals surface area contributed by atoms with Crippen molar-refractivity contribution in [2.45, 2.75) is 33.1 Å². The van der Waals surface area contributed by atoms with Gasteiger partial charge < -0.3 is 5.32 Å². The van der Waals surface area contributed by atoms with E-state index in [2.05, 4.69) is 15.7 Å². The maximum atomic E-state index is 13.4. The van der Waals surface area contributed by atoms with E-state index in [-0.39, 0.29) is 11.7 Å². The molecule has 0 spiro atoms. The molecule has 0 radical (unpaired) electrons. The van der Waals surface area contributed by atoms with E-state index < -0.39 is 0 Å². The van der Waals surface area contributed by atoms with Crippen LogP contribution in [0, 0.1) is 19.7 Å². The highest BCUT2D eigenvalue weighted by atomic mass is 32.1. The van der Waals surface area contributed by atoms with Crippen LogP contribution in [0.3, 0.4) is 0 Å². The number of carbonyl (C=O) groups excluding carboxylic acids is 1. The Bertz CT molecular complexity index is 869. The van der Waals surface area contributed by atoms with E-state index in [0.29, 0.717) is 11.4 Å². The molecule has 0 atom stereocenters. The summed E-state index contributed by atoms with van der Waals surface area (Å²) >= 11 is 3.11. The van der Waals surface area contributed by atoms with Crippen molar-refractivity contribution in [3.05, 3.63) is 50.5 Å². The Balaban J connectivity index is 1.52. The van der Waals surface area contributed by atoms with Gasteiger partial charge in [0.1, 0.15) is 5.82 Å². The number of benzene rings is 1. The van der Waals surface area contributed by atoms with E-state index in [4.69, 9.17) is 0 Å². The van der Waals surface area contributed by atoms with Gasteiger partial charge >= 0.3 is 0 Å². The summed E-state index contributed by atoms with van der Waals surface area (Å²) in [6.07, 6.45) is 2.88. The van der Waals surface area contributed by atoms with E-state index in [1.165, 1.54) is 23.5 Å². The lowest BCUT2D eigenvalue weighted by Gasteiger charge is -2.04. The van der Waals surface area contributed by atoms with Crippen LogP contribution in [0.1, 0.15) is 38.8 Å². The van der Waals surface area contributed by atoms with E-state index in [9.17, 15) is 9.18 Å². The zero-order valence-electron chi connectivity index (χ0n) is 13.7. The molecule has 0 fully saturated rings. The van der Waals surface area contributed by atoms with Gasteiger partial charge in [-0.2, -0.15) is 0 Å². The standard InChI is InChI=1S/C18H19FN2OS2/c1-11-10-23-16(21-11)5-3-4-8-20-18(22)17-12(2)14-9-13(19)6-7-15(14)24-17/h6-7,9-10H,3-5,8H2,1-2H3,(H,20,22). The Labute approximate surface area is 148 Å². The number of amides is 1. The minimum Gasteiger partial charge on any atom is -0.351 e. The van der Waals surface area contributed by atoms with Crippen LogP contribution >= 0.6 is 22.7 Å². The number of carbonyl (C=O) groups is 1. The molecule has 0 saturated carbocycles. The van der Waals surface area contributed by atoms with Crippen molar-refractivity contribution in [3.63, 3.8) is 0 Å². The summed E-state index contributed by atoms with van der Waals surface area (Å²) < 4.78 is 14.3. The van der Waals surface area contributed by atoms with Crippen molar-refractivity contribution in [1.82, 2.24) is 10.3 Å². The van der Waals surface area contributed by atoms with Gasteiger partial charge in [0.2, 0.25) is 0 Å². The van der Waals surface area contributed by atoms with Gasteiger partial charge in [0, 0.05) is 22.3 Å². The third-order valence-corrected chi connectivity index (χ3v) is 6.17. The molecule has 1 amide bonds.